The van der Waals surface area contributed by atoms with E-state index in [1.54, 1.807) is 0 Å². The van der Waals surface area contributed by atoms with Gasteiger partial charge in [0.05, 0.1) is 0 Å². The zero-order chi connectivity index (χ0) is 13.4. The van der Waals surface area contributed by atoms with Gasteiger partial charge >= 0.3 is 0 Å². The van der Waals surface area contributed by atoms with Crippen molar-refractivity contribution in [2.75, 3.05) is 0 Å². The van der Waals surface area contributed by atoms with E-state index in [0.29, 0.717) is 5.92 Å². The lowest BCUT2D eigenvalue weighted by atomic mass is 9.72. The number of aryl methyl sites for hydroxylation is 1. The molecule has 0 spiro atoms. The molecule has 0 aliphatic heterocycles. The summed E-state index contributed by atoms with van der Waals surface area (Å²) in [5.41, 5.74) is 11.6. The van der Waals surface area contributed by atoms with Crippen molar-refractivity contribution in [1.82, 2.24) is 0 Å². The molecule has 2 aromatic carbocycles. The molecule has 0 amide bonds. The first-order valence-electron chi connectivity index (χ1n) is 6.73. The van der Waals surface area contributed by atoms with Gasteiger partial charge in [0.1, 0.15) is 0 Å². The molecule has 1 nitrogen and oxygen atoms in total. The van der Waals surface area contributed by atoms with Crippen molar-refractivity contribution in [3.8, 4) is 0 Å². The Kier molecular flexibility index (Phi) is 3.34. The van der Waals surface area contributed by atoms with Crippen LogP contribution in [-0.2, 0) is 12.8 Å². The second-order valence-corrected chi connectivity index (χ2v) is 5.88. The highest BCUT2D eigenvalue weighted by Gasteiger charge is 2.30. The molecule has 3 rings (SSSR count). The van der Waals surface area contributed by atoms with Crippen molar-refractivity contribution < 1.29 is 0 Å². The van der Waals surface area contributed by atoms with Crippen LogP contribution in [0.2, 0.25) is 5.02 Å². The van der Waals surface area contributed by atoms with E-state index in [4.69, 9.17) is 17.3 Å². The third kappa shape index (κ3) is 2.41. The summed E-state index contributed by atoms with van der Waals surface area (Å²) in [5.74, 6) is 0.480. The molecule has 0 aromatic heterocycles. The first kappa shape index (κ1) is 12.7. The van der Waals surface area contributed by atoms with Crippen LogP contribution in [0.3, 0.4) is 0 Å². The van der Waals surface area contributed by atoms with Gasteiger partial charge < -0.3 is 5.73 Å². The van der Waals surface area contributed by atoms with Crippen LogP contribution >= 0.6 is 11.6 Å². The van der Waals surface area contributed by atoms with Crippen molar-refractivity contribution >= 4 is 11.6 Å². The van der Waals surface area contributed by atoms with Crippen LogP contribution < -0.4 is 5.73 Å². The van der Waals surface area contributed by atoms with Crippen LogP contribution in [0.1, 0.15) is 28.2 Å². The molecule has 0 heterocycles. The molecular weight excluding hydrogens is 254 g/mol. The predicted molar refractivity (Wildman–Crippen MR) is 80.8 cm³/mol. The monoisotopic (exact) mass is 271 g/mol. The summed E-state index contributed by atoms with van der Waals surface area (Å²) in [6.45, 7) is 2.05. The normalized spacial score (nSPS) is 18.6. The standard InChI is InChI=1S/C17H18ClN/c1-11-6-7-13(16(18)8-11)10-17(19)15-9-12-4-2-3-5-14(12)15/h2-8,15,17H,9-10,19H2,1H3. The summed E-state index contributed by atoms with van der Waals surface area (Å²) in [6.07, 6.45) is 1.94. The number of benzene rings is 2. The molecule has 0 radical (unpaired) electrons. The molecular formula is C17H18ClN. The van der Waals surface area contributed by atoms with Crippen molar-refractivity contribution in [3.63, 3.8) is 0 Å². The summed E-state index contributed by atoms with van der Waals surface area (Å²) in [6, 6.07) is 14.9. The third-order valence-corrected chi connectivity index (χ3v) is 4.43. The minimum atomic E-state index is 0.148. The Hall–Kier alpha value is -1.31. The Morgan fingerprint density at radius 3 is 2.79 bits per heavy atom. The van der Waals surface area contributed by atoms with Gasteiger partial charge in [-0.05, 0) is 48.1 Å². The van der Waals surface area contributed by atoms with E-state index >= 15 is 0 Å². The van der Waals surface area contributed by atoms with Gasteiger partial charge in [-0.1, -0.05) is 48.0 Å². The maximum Gasteiger partial charge on any atom is 0.0441 e. The van der Waals surface area contributed by atoms with Gasteiger partial charge in [-0.15, -0.1) is 0 Å². The Morgan fingerprint density at radius 2 is 2.05 bits per heavy atom. The van der Waals surface area contributed by atoms with Gasteiger partial charge in [0, 0.05) is 17.0 Å². The van der Waals surface area contributed by atoms with Crippen molar-refractivity contribution in [1.29, 1.82) is 0 Å². The lowest BCUT2D eigenvalue weighted by Crippen LogP contribution is -2.37. The highest BCUT2D eigenvalue weighted by atomic mass is 35.5. The Morgan fingerprint density at radius 1 is 1.26 bits per heavy atom. The zero-order valence-corrected chi connectivity index (χ0v) is 11.8. The van der Waals surface area contributed by atoms with Crippen LogP contribution in [0.15, 0.2) is 42.5 Å². The van der Waals surface area contributed by atoms with Gasteiger partial charge in [-0.3, -0.25) is 0 Å². The molecule has 2 atom stereocenters. The lowest BCUT2D eigenvalue weighted by Gasteiger charge is -2.34. The van der Waals surface area contributed by atoms with E-state index in [-0.39, 0.29) is 6.04 Å². The van der Waals surface area contributed by atoms with Gasteiger partial charge in [-0.25, -0.2) is 0 Å². The van der Waals surface area contributed by atoms with Crippen LogP contribution in [0.25, 0.3) is 0 Å². The highest BCUT2D eigenvalue weighted by Crippen LogP contribution is 2.37. The third-order valence-electron chi connectivity index (χ3n) is 4.08. The number of halogens is 1. The van der Waals surface area contributed by atoms with E-state index in [0.717, 1.165) is 23.4 Å². The van der Waals surface area contributed by atoms with Crippen LogP contribution in [0.4, 0.5) is 0 Å². The molecule has 19 heavy (non-hydrogen) atoms. The van der Waals surface area contributed by atoms with E-state index in [9.17, 15) is 0 Å². The number of fused-ring (bicyclic) bond motifs is 1. The Balaban J connectivity index is 1.75. The summed E-state index contributed by atoms with van der Waals surface area (Å²) in [7, 11) is 0. The predicted octanol–water partition coefficient (Wildman–Crippen LogP) is 3.86. The fourth-order valence-corrected chi connectivity index (χ4v) is 3.21. The summed E-state index contributed by atoms with van der Waals surface area (Å²) in [5, 5.41) is 0.836. The maximum absolute atomic E-state index is 6.37. The summed E-state index contributed by atoms with van der Waals surface area (Å²) < 4.78 is 0. The first-order chi connectivity index (χ1) is 9.15. The minimum absolute atomic E-state index is 0.148. The van der Waals surface area contributed by atoms with Gasteiger partial charge in [0.2, 0.25) is 0 Å². The molecule has 0 saturated carbocycles. The Labute approximate surface area is 119 Å². The molecule has 2 heteroatoms. The maximum atomic E-state index is 6.37. The van der Waals surface area contributed by atoms with Crippen molar-refractivity contribution in [2.24, 2.45) is 5.73 Å². The topological polar surface area (TPSA) is 26.0 Å². The molecule has 0 fully saturated rings. The fourth-order valence-electron chi connectivity index (χ4n) is 2.89. The van der Waals surface area contributed by atoms with Crippen molar-refractivity contribution in [3.05, 3.63) is 69.7 Å². The van der Waals surface area contributed by atoms with Crippen LogP contribution in [-0.4, -0.2) is 6.04 Å². The molecule has 0 saturated heterocycles. The number of hydrogen-bond acceptors (Lipinski definition) is 1. The first-order valence-corrected chi connectivity index (χ1v) is 7.11. The van der Waals surface area contributed by atoms with Gasteiger partial charge in [-0.2, -0.15) is 0 Å². The van der Waals surface area contributed by atoms with Gasteiger partial charge in [0.25, 0.3) is 0 Å². The SMILES string of the molecule is Cc1ccc(CC(N)C2Cc3ccccc32)c(Cl)c1. The minimum Gasteiger partial charge on any atom is -0.327 e. The number of rotatable bonds is 3. The van der Waals surface area contributed by atoms with E-state index in [2.05, 4.69) is 43.3 Å². The van der Waals surface area contributed by atoms with E-state index < -0.39 is 0 Å². The lowest BCUT2D eigenvalue weighted by molar-refractivity contribution is 0.480. The summed E-state index contributed by atoms with van der Waals surface area (Å²) in [4.78, 5) is 0. The molecule has 2 N–H and O–H groups in total. The van der Waals surface area contributed by atoms with Crippen LogP contribution in [0.5, 0.6) is 0 Å². The molecule has 2 aromatic rings. The average molecular weight is 272 g/mol. The second-order valence-electron chi connectivity index (χ2n) is 5.47. The largest absolute Gasteiger partial charge is 0.327 e. The molecule has 2 unspecified atom stereocenters. The fraction of sp³-hybridized carbons (Fsp3) is 0.294. The quantitative estimate of drug-likeness (QED) is 0.901. The molecule has 1 aliphatic rings. The molecule has 1 aliphatic carbocycles. The number of nitrogens with two attached hydrogens (primary N) is 1. The smallest absolute Gasteiger partial charge is 0.0441 e. The van der Waals surface area contributed by atoms with Crippen LogP contribution in [0, 0.1) is 6.92 Å². The van der Waals surface area contributed by atoms with Crippen molar-refractivity contribution in [2.45, 2.75) is 31.7 Å². The highest BCUT2D eigenvalue weighted by molar-refractivity contribution is 6.31. The van der Waals surface area contributed by atoms with E-state index in [1.165, 1.54) is 16.7 Å². The van der Waals surface area contributed by atoms with Gasteiger partial charge in [0.15, 0.2) is 0 Å². The Bertz CT molecular complexity index is 606. The molecule has 98 valence electrons. The number of hydrogen-bond donors (Lipinski definition) is 1. The zero-order valence-electron chi connectivity index (χ0n) is 11.1. The summed E-state index contributed by atoms with van der Waals surface area (Å²) >= 11 is 6.28. The second kappa shape index (κ2) is 4.99. The van der Waals surface area contributed by atoms with E-state index in [1.807, 2.05) is 6.07 Å². The molecule has 0 bridgehead atoms. The average Bonchev–Trinajstić information content (AvgIpc) is 2.34.